The highest BCUT2D eigenvalue weighted by Crippen LogP contribution is 2.21. The molecular weight excluding hydrogens is 223 g/mol. The predicted octanol–water partition coefficient (Wildman–Crippen LogP) is 1.91. The minimum absolute atomic E-state index is 0.175. The van der Waals surface area contributed by atoms with Crippen molar-refractivity contribution < 1.29 is 14.3 Å². The summed E-state index contributed by atoms with van der Waals surface area (Å²) in [6.45, 7) is 0. The maximum atomic E-state index is 13.5. The Balaban J connectivity index is 2.43. The fourth-order valence-corrected chi connectivity index (χ4v) is 1.50. The summed E-state index contributed by atoms with van der Waals surface area (Å²) in [5.74, 6) is -1.59. The quantitative estimate of drug-likeness (QED) is 0.821. The molecule has 0 aliphatic rings. The molecule has 0 aliphatic heterocycles. The van der Waals surface area contributed by atoms with Crippen molar-refractivity contribution >= 4 is 5.97 Å². The number of pyridine rings is 2. The lowest BCUT2D eigenvalue weighted by Crippen LogP contribution is -2.02. The first-order valence-corrected chi connectivity index (χ1v) is 4.93. The largest absolute Gasteiger partial charge is 0.481 e. The van der Waals surface area contributed by atoms with E-state index in [4.69, 9.17) is 5.11 Å². The van der Waals surface area contributed by atoms with Crippen molar-refractivity contribution in [2.75, 3.05) is 0 Å². The molecule has 2 aromatic heterocycles. The number of hydrogen-bond donors (Lipinski definition) is 1. The van der Waals surface area contributed by atoms with E-state index in [1.165, 1.54) is 12.3 Å². The number of halogens is 1. The molecule has 1 N–H and O–H groups in total. The van der Waals surface area contributed by atoms with Crippen LogP contribution in [0.5, 0.6) is 0 Å². The van der Waals surface area contributed by atoms with Crippen molar-refractivity contribution in [2.24, 2.45) is 0 Å². The predicted molar refractivity (Wildman–Crippen MR) is 58.8 cm³/mol. The van der Waals surface area contributed by atoms with Gasteiger partial charge < -0.3 is 5.11 Å². The van der Waals surface area contributed by atoms with E-state index in [9.17, 15) is 9.18 Å². The summed E-state index contributed by atoms with van der Waals surface area (Å²) < 4.78 is 13.5. The van der Waals surface area contributed by atoms with Gasteiger partial charge in [-0.3, -0.25) is 9.78 Å². The summed E-state index contributed by atoms with van der Waals surface area (Å²) in [6, 6.07) is 4.78. The first kappa shape index (κ1) is 11.2. The van der Waals surface area contributed by atoms with Gasteiger partial charge in [0.05, 0.1) is 6.42 Å². The lowest BCUT2D eigenvalue weighted by molar-refractivity contribution is -0.136. The highest BCUT2D eigenvalue weighted by Gasteiger charge is 2.09. The van der Waals surface area contributed by atoms with Crippen LogP contribution >= 0.6 is 0 Å². The molecule has 86 valence electrons. The van der Waals surface area contributed by atoms with Gasteiger partial charge >= 0.3 is 5.97 Å². The summed E-state index contributed by atoms with van der Waals surface area (Å²) in [6.07, 6.45) is 4.14. The van der Waals surface area contributed by atoms with Gasteiger partial charge in [-0.25, -0.2) is 4.98 Å². The fourth-order valence-electron chi connectivity index (χ4n) is 1.50. The number of carboxylic acid groups (broad SMARTS) is 1. The number of carbonyl (C=O) groups is 1. The second kappa shape index (κ2) is 4.69. The van der Waals surface area contributed by atoms with Crippen molar-refractivity contribution in [3.8, 4) is 11.1 Å². The SMILES string of the molecule is O=C(O)Cc1cnc(F)c(-c2ccncc2)c1. The molecule has 0 aliphatic carbocycles. The van der Waals surface area contributed by atoms with Gasteiger partial charge in [0.1, 0.15) is 0 Å². The molecule has 2 heterocycles. The number of aromatic nitrogens is 2. The van der Waals surface area contributed by atoms with Crippen molar-refractivity contribution in [2.45, 2.75) is 6.42 Å². The Morgan fingerprint density at radius 3 is 2.71 bits per heavy atom. The highest BCUT2D eigenvalue weighted by molar-refractivity contribution is 5.71. The topological polar surface area (TPSA) is 63.1 Å². The van der Waals surface area contributed by atoms with Gasteiger partial charge in [0.15, 0.2) is 0 Å². The van der Waals surface area contributed by atoms with E-state index in [-0.39, 0.29) is 12.0 Å². The summed E-state index contributed by atoms with van der Waals surface area (Å²) in [7, 11) is 0. The Morgan fingerprint density at radius 1 is 1.35 bits per heavy atom. The molecule has 0 aromatic carbocycles. The van der Waals surface area contributed by atoms with Crippen molar-refractivity contribution in [1.82, 2.24) is 9.97 Å². The van der Waals surface area contributed by atoms with E-state index in [0.717, 1.165) is 0 Å². The van der Waals surface area contributed by atoms with Gasteiger partial charge in [-0.05, 0) is 29.3 Å². The molecule has 0 spiro atoms. The molecule has 0 radical (unpaired) electrons. The molecule has 17 heavy (non-hydrogen) atoms. The Morgan fingerprint density at radius 2 is 2.06 bits per heavy atom. The Hall–Kier alpha value is -2.30. The van der Waals surface area contributed by atoms with E-state index in [2.05, 4.69) is 9.97 Å². The Kier molecular flexibility index (Phi) is 3.09. The van der Waals surface area contributed by atoms with Crippen LogP contribution in [-0.4, -0.2) is 21.0 Å². The third-order valence-electron chi connectivity index (χ3n) is 2.24. The normalized spacial score (nSPS) is 10.2. The van der Waals surface area contributed by atoms with Crippen LogP contribution in [0, 0.1) is 5.95 Å². The molecular formula is C12H9FN2O2. The minimum Gasteiger partial charge on any atom is -0.481 e. The number of aliphatic carboxylic acids is 1. The van der Waals surface area contributed by atoms with Crippen LogP contribution in [0.4, 0.5) is 4.39 Å². The monoisotopic (exact) mass is 232 g/mol. The summed E-state index contributed by atoms with van der Waals surface area (Å²) in [5.41, 5.74) is 1.37. The molecule has 2 rings (SSSR count). The van der Waals surface area contributed by atoms with Crippen LogP contribution in [0.3, 0.4) is 0 Å². The lowest BCUT2D eigenvalue weighted by Gasteiger charge is -2.04. The van der Waals surface area contributed by atoms with Gasteiger partial charge in [-0.1, -0.05) is 0 Å². The molecule has 4 nitrogen and oxygen atoms in total. The average Bonchev–Trinajstić information content (AvgIpc) is 2.32. The van der Waals surface area contributed by atoms with E-state index < -0.39 is 11.9 Å². The maximum absolute atomic E-state index is 13.5. The van der Waals surface area contributed by atoms with E-state index >= 15 is 0 Å². The molecule has 0 bridgehead atoms. The van der Waals surface area contributed by atoms with Crippen LogP contribution in [-0.2, 0) is 11.2 Å². The third-order valence-corrected chi connectivity index (χ3v) is 2.24. The number of hydrogen-bond acceptors (Lipinski definition) is 3. The summed E-state index contributed by atoms with van der Waals surface area (Å²) >= 11 is 0. The van der Waals surface area contributed by atoms with Gasteiger partial charge in [0, 0.05) is 24.2 Å². The third kappa shape index (κ3) is 2.63. The molecule has 0 atom stereocenters. The molecule has 0 amide bonds. The van der Waals surface area contributed by atoms with Crippen molar-refractivity contribution in [3.05, 3.63) is 48.3 Å². The Labute approximate surface area is 96.8 Å². The zero-order valence-corrected chi connectivity index (χ0v) is 8.80. The smallest absolute Gasteiger partial charge is 0.307 e. The zero-order valence-electron chi connectivity index (χ0n) is 8.80. The first-order valence-electron chi connectivity index (χ1n) is 4.93. The maximum Gasteiger partial charge on any atom is 0.307 e. The van der Waals surface area contributed by atoms with Crippen molar-refractivity contribution in [1.29, 1.82) is 0 Å². The van der Waals surface area contributed by atoms with Gasteiger partial charge in [0.2, 0.25) is 5.95 Å². The van der Waals surface area contributed by atoms with Crippen molar-refractivity contribution in [3.63, 3.8) is 0 Å². The van der Waals surface area contributed by atoms with Gasteiger partial charge in [-0.2, -0.15) is 4.39 Å². The van der Waals surface area contributed by atoms with Crippen LogP contribution in [0.2, 0.25) is 0 Å². The second-order valence-electron chi connectivity index (χ2n) is 3.49. The van der Waals surface area contributed by atoms with Gasteiger partial charge in [0.25, 0.3) is 0 Å². The van der Waals surface area contributed by atoms with Crippen LogP contribution in [0.1, 0.15) is 5.56 Å². The number of nitrogens with zero attached hydrogens (tertiary/aromatic N) is 2. The molecule has 5 heteroatoms. The highest BCUT2D eigenvalue weighted by atomic mass is 19.1. The minimum atomic E-state index is -0.973. The zero-order chi connectivity index (χ0) is 12.3. The van der Waals surface area contributed by atoms with Crippen LogP contribution < -0.4 is 0 Å². The fraction of sp³-hybridized carbons (Fsp3) is 0.0833. The van der Waals surface area contributed by atoms with Crippen LogP contribution in [0.25, 0.3) is 11.1 Å². The van der Waals surface area contributed by atoms with Crippen LogP contribution in [0.15, 0.2) is 36.8 Å². The molecule has 0 saturated carbocycles. The van der Waals surface area contributed by atoms with E-state index in [1.807, 2.05) is 0 Å². The standard InChI is InChI=1S/C12H9FN2O2/c13-12-10(9-1-3-14-4-2-9)5-8(7-15-12)6-11(16)17/h1-5,7H,6H2,(H,16,17). The molecule has 0 unspecified atom stereocenters. The number of rotatable bonds is 3. The average molecular weight is 232 g/mol. The van der Waals surface area contributed by atoms with E-state index in [0.29, 0.717) is 11.1 Å². The lowest BCUT2D eigenvalue weighted by atomic mass is 10.1. The number of carboxylic acids is 1. The summed E-state index contributed by atoms with van der Waals surface area (Å²) in [4.78, 5) is 18.0. The van der Waals surface area contributed by atoms with E-state index in [1.54, 1.807) is 24.5 Å². The molecule has 2 aromatic rings. The first-order chi connectivity index (χ1) is 8.16. The Bertz CT molecular complexity index is 543. The molecule has 0 fully saturated rings. The van der Waals surface area contributed by atoms with Gasteiger partial charge in [-0.15, -0.1) is 0 Å². The second-order valence-corrected chi connectivity index (χ2v) is 3.49. The summed E-state index contributed by atoms with van der Waals surface area (Å²) in [5, 5.41) is 8.67. The molecule has 0 saturated heterocycles.